The van der Waals surface area contributed by atoms with Crippen molar-refractivity contribution >= 4 is 17.6 Å². The fraction of sp³-hybridized carbons (Fsp3) is 0.222. The van der Waals surface area contributed by atoms with Crippen molar-refractivity contribution in [1.29, 1.82) is 0 Å². The number of urea groups is 1. The van der Waals surface area contributed by atoms with Gasteiger partial charge < -0.3 is 4.74 Å². The van der Waals surface area contributed by atoms with Crippen LogP contribution in [0, 0.1) is 6.92 Å². The monoisotopic (exact) mass is 364 g/mol. The fourth-order valence-corrected chi connectivity index (χ4v) is 2.66. The molecular formula is C18H15F3N2O3. The molecule has 1 heterocycles. The molecule has 8 heteroatoms. The van der Waals surface area contributed by atoms with Crippen LogP contribution in [0.2, 0.25) is 0 Å². The summed E-state index contributed by atoms with van der Waals surface area (Å²) in [4.78, 5) is 24.6. The van der Waals surface area contributed by atoms with Crippen LogP contribution in [0.25, 0.3) is 0 Å². The SMILES string of the molecule is Cc1cc(Oc2cccc(C(F)(F)F)c2)ccc1N1CCC(=O)NC1=O. The van der Waals surface area contributed by atoms with E-state index in [1.807, 2.05) is 0 Å². The zero-order chi connectivity index (χ0) is 18.9. The first kappa shape index (κ1) is 17.8. The van der Waals surface area contributed by atoms with Crippen molar-refractivity contribution in [3.63, 3.8) is 0 Å². The summed E-state index contributed by atoms with van der Waals surface area (Å²) in [6.45, 7) is 2.01. The number of aryl methyl sites for hydroxylation is 1. The summed E-state index contributed by atoms with van der Waals surface area (Å²) in [5.41, 5.74) is 0.503. The minimum Gasteiger partial charge on any atom is -0.457 e. The van der Waals surface area contributed by atoms with E-state index in [0.29, 0.717) is 17.0 Å². The highest BCUT2D eigenvalue weighted by Gasteiger charge is 2.30. The fourth-order valence-electron chi connectivity index (χ4n) is 2.66. The Bertz CT molecular complexity index is 865. The summed E-state index contributed by atoms with van der Waals surface area (Å²) in [6, 6.07) is 8.91. The second-order valence-electron chi connectivity index (χ2n) is 5.83. The molecule has 1 aliphatic rings. The lowest BCUT2D eigenvalue weighted by Gasteiger charge is -2.28. The van der Waals surface area contributed by atoms with Gasteiger partial charge in [0.1, 0.15) is 11.5 Å². The van der Waals surface area contributed by atoms with E-state index in [1.165, 1.54) is 17.0 Å². The van der Waals surface area contributed by atoms with Gasteiger partial charge in [0.15, 0.2) is 0 Å². The highest BCUT2D eigenvalue weighted by molar-refractivity contribution is 6.05. The Hall–Kier alpha value is -3.03. The first-order valence-corrected chi connectivity index (χ1v) is 7.81. The quantitative estimate of drug-likeness (QED) is 0.886. The number of amides is 3. The number of hydrogen-bond acceptors (Lipinski definition) is 3. The Kier molecular flexibility index (Phi) is 4.58. The van der Waals surface area contributed by atoms with E-state index in [-0.39, 0.29) is 24.6 Å². The van der Waals surface area contributed by atoms with E-state index in [2.05, 4.69) is 5.32 Å². The van der Waals surface area contributed by atoms with Gasteiger partial charge in [0.2, 0.25) is 5.91 Å². The number of anilines is 1. The number of alkyl halides is 3. The number of benzene rings is 2. The summed E-state index contributed by atoms with van der Waals surface area (Å²) in [5, 5.41) is 2.24. The maximum atomic E-state index is 12.8. The van der Waals surface area contributed by atoms with Crippen molar-refractivity contribution in [1.82, 2.24) is 5.32 Å². The van der Waals surface area contributed by atoms with Crippen LogP contribution < -0.4 is 15.0 Å². The lowest BCUT2D eigenvalue weighted by Crippen LogP contribution is -2.49. The number of ether oxygens (including phenoxy) is 1. The second-order valence-corrected chi connectivity index (χ2v) is 5.83. The minimum absolute atomic E-state index is 0.0632. The molecule has 0 saturated carbocycles. The molecule has 26 heavy (non-hydrogen) atoms. The van der Waals surface area contributed by atoms with Gasteiger partial charge in [0, 0.05) is 18.7 Å². The Labute approximate surface area is 147 Å². The van der Waals surface area contributed by atoms with Crippen LogP contribution in [-0.2, 0) is 11.0 Å². The number of carbonyl (C=O) groups excluding carboxylic acids is 2. The number of hydrogen-bond donors (Lipinski definition) is 1. The average molecular weight is 364 g/mol. The first-order chi connectivity index (χ1) is 12.2. The van der Waals surface area contributed by atoms with E-state index in [0.717, 1.165) is 12.1 Å². The summed E-state index contributed by atoms with van der Waals surface area (Å²) in [5.74, 6) is 0.0840. The second kappa shape index (κ2) is 6.70. The largest absolute Gasteiger partial charge is 0.457 e. The third kappa shape index (κ3) is 3.79. The third-order valence-corrected chi connectivity index (χ3v) is 3.91. The van der Waals surface area contributed by atoms with Crippen LogP contribution in [0.1, 0.15) is 17.5 Å². The van der Waals surface area contributed by atoms with Crippen LogP contribution in [0.3, 0.4) is 0 Å². The molecule has 3 amide bonds. The molecule has 0 bridgehead atoms. The standard InChI is InChI=1S/C18H15F3N2O3/c1-11-9-14(26-13-4-2-3-12(10-13)18(19,20)21)5-6-15(11)23-8-7-16(24)22-17(23)25/h2-6,9-10H,7-8H2,1H3,(H,22,24,25). The number of halogens is 3. The molecule has 1 aliphatic heterocycles. The molecule has 3 rings (SSSR count). The number of carbonyl (C=O) groups is 2. The van der Waals surface area contributed by atoms with Crippen molar-refractivity contribution in [2.24, 2.45) is 0 Å². The van der Waals surface area contributed by atoms with Crippen LogP contribution in [0.5, 0.6) is 11.5 Å². The van der Waals surface area contributed by atoms with Gasteiger partial charge in [0.05, 0.1) is 5.56 Å². The first-order valence-electron chi connectivity index (χ1n) is 7.81. The molecule has 0 unspecified atom stereocenters. The molecule has 1 N–H and O–H groups in total. The van der Waals surface area contributed by atoms with Crippen LogP contribution in [0.4, 0.5) is 23.7 Å². The van der Waals surface area contributed by atoms with Gasteiger partial charge in [-0.05, 0) is 48.9 Å². The molecule has 1 saturated heterocycles. The zero-order valence-electron chi connectivity index (χ0n) is 13.8. The van der Waals surface area contributed by atoms with Crippen LogP contribution in [0.15, 0.2) is 42.5 Å². The average Bonchev–Trinajstić information content (AvgIpc) is 2.55. The maximum absolute atomic E-state index is 12.8. The molecule has 136 valence electrons. The van der Waals surface area contributed by atoms with E-state index < -0.39 is 17.8 Å². The van der Waals surface area contributed by atoms with Crippen molar-refractivity contribution in [3.8, 4) is 11.5 Å². The highest BCUT2D eigenvalue weighted by Crippen LogP contribution is 2.34. The Morgan fingerprint density at radius 1 is 1.08 bits per heavy atom. The number of rotatable bonds is 3. The number of nitrogens with one attached hydrogen (secondary N) is 1. The number of nitrogens with zero attached hydrogens (tertiary/aromatic N) is 1. The van der Waals surface area contributed by atoms with Crippen LogP contribution in [-0.4, -0.2) is 18.5 Å². The summed E-state index contributed by atoms with van der Waals surface area (Å²) >= 11 is 0. The lowest BCUT2D eigenvalue weighted by molar-refractivity contribution is -0.137. The third-order valence-electron chi connectivity index (χ3n) is 3.91. The van der Waals surface area contributed by atoms with Gasteiger partial charge in [-0.15, -0.1) is 0 Å². The molecule has 0 aromatic heterocycles. The molecule has 2 aromatic rings. The van der Waals surface area contributed by atoms with Crippen molar-refractivity contribution in [2.45, 2.75) is 19.5 Å². The van der Waals surface area contributed by atoms with Gasteiger partial charge in [-0.1, -0.05) is 6.07 Å². The Morgan fingerprint density at radius 3 is 2.46 bits per heavy atom. The van der Waals surface area contributed by atoms with E-state index in [1.54, 1.807) is 25.1 Å². The molecule has 5 nitrogen and oxygen atoms in total. The molecule has 0 aliphatic carbocycles. The number of imide groups is 1. The summed E-state index contributed by atoms with van der Waals surface area (Å²) in [7, 11) is 0. The highest BCUT2D eigenvalue weighted by atomic mass is 19.4. The zero-order valence-corrected chi connectivity index (χ0v) is 13.8. The van der Waals surface area contributed by atoms with E-state index in [4.69, 9.17) is 4.74 Å². The van der Waals surface area contributed by atoms with Gasteiger partial charge in [-0.2, -0.15) is 13.2 Å². The molecule has 0 spiro atoms. The van der Waals surface area contributed by atoms with Crippen molar-refractivity contribution in [3.05, 3.63) is 53.6 Å². The maximum Gasteiger partial charge on any atom is 0.416 e. The molecular weight excluding hydrogens is 349 g/mol. The predicted molar refractivity (Wildman–Crippen MR) is 88.2 cm³/mol. The van der Waals surface area contributed by atoms with Crippen molar-refractivity contribution < 1.29 is 27.5 Å². The van der Waals surface area contributed by atoms with Gasteiger partial charge in [-0.3, -0.25) is 15.0 Å². The molecule has 1 fully saturated rings. The van der Waals surface area contributed by atoms with Gasteiger partial charge in [0.25, 0.3) is 0 Å². The normalized spacial score (nSPS) is 15.0. The molecule has 2 aromatic carbocycles. The van der Waals surface area contributed by atoms with Crippen LogP contribution >= 0.6 is 0 Å². The summed E-state index contributed by atoms with van der Waals surface area (Å²) < 4.78 is 43.8. The Morgan fingerprint density at radius 2 is 1.81 bits per heavy atom. The predicted octanol–water partition coefficient (Wildman–Crippen LogP) is 4.25. The molecule has 0 radical (unpaired) electrons. The minimum atomic E-state index is -4.45. The summed E-state index contributed by atoms with van der Waals surface area (Å²) in [6.07, 6.45) is -4.24. The topological polar surface area (TPSA) is 58.6 Å². The van der Waals surface area contributed by atoms with Gasteiger partial charge >= 0.3 is 12.2 Å². The van der Waals surface area contributed by atoms with E-state index >= 15 is 0 Å². The van der Waals surface area contributed by atoms with Gasteiger partial charge in [-0.25, -0.2) is 4.79 Å². The smallest absolute Gasteiger partial charge is 0.416 e. The Balaban J connectivity index is 1.80. The van der Waals surface area contributed by atoms with Crippen molar-refractivity contribution in [2.75, 3.05) is 11.4 Å². The van der Waals surface area contributed by atoms with E-state index in [9.17, 15) is 22.8 Å². The lowest BCUT2D eigenvalue weighted by atomic mass is 10.1. The molecule has 0 atom stereocenters.